The van der Waals surface area contributed by atoms with Gasteiger partial charge in [-0.05, 0) is 36.1 Å². The minimum absolute atomic E-state index is 0.172. The van der Waals surface area contributed by atoms with E-state index in [2.05, 4.69) is 10.3 Å². The van der Waals surface area contributed by atoms with Gasteiger partial charge in [-0.25, -0.2) is 0 Å². The van der Waals surface area contributed by atoms with E-state index in [1.54, 1.807) is 18.3 Å². The lowest BCUT2D eigenvalue weighted by Crippen LogP contribution is -2.15. The molecule has 0 saturated heterocycles. The zero-order chi connectivity index (χ0) is 14.9. The fraction of sp³-hybridized carbons (Fsp3) is 0.312. The Balaban J connectivity index is 1.91. The Morgan fingerprint density at radius 2 is 1.90 bits per heavy atom. The highest BCUT2D eigenvalue weighted by Crippen LogP contribution is 2.36. The van der Waals surface area contributed by atoms with Gasteiger partial charge in [0.2, 0.25) is 0 Å². The van der Waals surface area contributed by atoms with Crippen LogP contribution in [0.4, 0.5) is 13.2 Å². The van der Waals surface area contributed by atoms with Crippen molar-refractivity contribution in [2.24, 2.45) is 0 Å². The number of aromatic nitrogens is 1. The first-order chi connectivity index (χ1) is 10.0. The lowest BCUT2D eigenvalue weighted by molar-refractivity contribution is -0.137. The summed E-state index contributed by atoms with van der Waals surface area (Å²) in [5.41, 5.74) is 0.944. The largest absolute Gasteiger partial charge is 0.417 e. The second kappa shape index (κ2) is 5.48. The molecule has 2 nitrogen and oxygen atoms in total. The Morgan fingerprint density at radius 1 is 1.14 bits per heavy atom. The third-order valence-corrected chi connectivity index (χ3v) is 3.51. The minimum Gasteiger partial charge on any atom is -0.310 e. The maximum Gasteiger partial charge on any atom is 0.417 e. The molecule has 1 fully saturated rings. The molecule has 1 aromatic carbocycles. The van der Waals surface area contributed by atoms with E-state index in [0.29, 0.717) is 18.2 Å². The first kappa shape index (κ1) is 14.1. The summed E-state index contributed by atoms with van der Waals surface area (Å²) in [6.07, 6.45) is 1.15. The molecule has 0 amide bonds. The first-order valence-corrected chi connectivity index (χ1v) is 6.88. The molecule has 0 radical (unpaired) electrons. The minimum atomic E-state index is -4.36. The van der Waals surface area contributed by atoms with Crippen LogP contribution in [-0.4, -0.2) is 11.0 Å². The number of rotatable bonds is 4. The molecule has 1 saturated carbocycles. The average Bonchev–Trinajstić information content (AvgIpc) is 3.29. The second-order valence-electron chi connectivity index (χ2n) is 5.28. The number of halogens is 3. The van der Waals surface area contributed by atoms with Gasteiger partial charge in [-0.15, -0.1) is 0 Å². The topological polar surface area (TPSA) is 24.9 Å². The van der Waals surface area contributed by atoms with Crippen LogP contribution in [0.1, 0.15) is 24.0 Å². The molecule has 110 valence electrons. The smallest absolute Gasteiger partial charge is 0.310 e. The molecule has 0 aliphatic heterocycles. The fourth-order valence-electron chi connectivity index (χ4n) is 2.26. The molecule has 5 heteroatoms. The molecule has 1 aromatic heterocycles. The average molecular weight is 292 g/mol. The van der Waals surface area contributed by atoms with Gasteiger partial charge in [0, 0.05) is 30.5 Å². The van der Waals surface area contributed by atoms with Crippen molar-refractivity contribution < 1.29 is 13.2 Å². The highest BCUT2D eigenvalue weighted by atomic mass is 19.4. The molecule has 3 rings (SSSR count). The van der Waals surface area contributed by atoms with Gasteiger partial charge in [0.1, 0.15) is 0 Å². The van der Waals surface area contributed by atoms with Crippen molar-refractivity contribution in [1.82, 2.24) is 10.3 Å². The van der Waals surface area contributed by atoms with E-state index in [1.807, 2.05) is 0 Å². The zero-order valence-electron chi connectivity index (χ0n) is 11.3. The highest BCUT2D eigenvalue weighted by Gasteiger charge is 2.33. The van der Waals surface area contributed by atoms with Crippen molar-refractivity contribution in [3.8, 4) is 11.1 Å². The predicted octanol–water partition coefficient (Wildman–Crippen LogP) is 4.02. The van der Waals surface area contributed by atoms with Gasteiger partial charge < -0.3 is 5.32 Å². The number of alkyl halides is 3. The van der Waals surface area contributed by atoms with Crippen LogP contribution in [0.5, 0.6) is 0 Å². The van der Waals surface area contributed by atoms with Crippen LogP contribution in [0.3, 0.4) is 0 Å². The van der Waals surface area contributed by atoms with E-state index in [-0.39, 0.29) is 5.56 Å². The molecular weight excluding hydrogens is 277 g/mol. The van der Waals surface area contributed by atoms with E-state index in [4.69, 9.17) is 0 Å². The third-order valence-electron chi connectivity index (χ3n) is 3.51. The van der Waals surface area contributed by atoms with Crippen LogP contribution in [0.25, 0.3) is 11.1 Å². The standard InChI is InChI=1S/C16H15F3N2/c17-16(18,19)15-4-2-1-3-14(15)12-7-11(8-20-10-12)9-21-13-5-6-13/h1-4,7-8,10,13,21H,5-6,9H2. The molecule has 2 aromatic rings. The van der Waals surface area contributed by atoms with Gasteiger partial charge in [-0.2, -0.15) is 13.2 Å². The summed E-state index contributed by atoms with van der Waals surface area (Å²) in [4.78, 5) is 4.08. The van der Waals surface area contributed by atoms with Crippen molar-refractivity contribution >= 4 is 0 Å². The van der Waals surface area contributed by atoms with Gasteiger partial charge in [0.25, 0.3) is 0 Å². The highest BCUT2D eigenvalue weighted by molar-refractivity contribution is 5.67. The molecule has 1 heterocycles. The van der Waals surface area contributed by atoms with E-state index in [0.717, 1.165) is 11.6 Å². The molecule has 0 unspecified atom stereocenters. The molecule has 0 bridgehead atoms. The summed E-state index contributed by atoms with van der Waals surface area (Å²) in [7, 11) is 0. The second-order valence-corrected chi connectivity index (χ2v) is 5.28. The maximum absolute atomic E-state index is 13.1. The molecule has 0 spiro atoms. The number of pyridine rings is 1. The summed E-state index contributed by atoms with van der Waals surface area (Å²) < 4.78 is 39.2. The molecule has 1 aliphatic rings. The first-order valence-electron chi connectivity index (χ1n) is 6.88. The fourth-order valence-corrected chi connectivity index (χ4v) is 2.26. The van der Waals surface area contributed by atoms with E-state index in [9.17, 15) is 13.2 Å². The molecular formula is C16H15F3N2. The zero-order valence-corrected chi connectivity index (χ0v) is 11.3. The van der Waals surface area contributed by atoms with Gasteiger partial charge in [-0.1, -0.05) is 18.2 Å². The van der Waals surface area contributed by atoms with Crippen molar-refractivity contribution in [1.29, 1.82) is 0 Å². The Kier molecular flexibility index (Phi) is 3.68. The van der Waals surface area contributed by atoms with Crippen LogP contribution in [0, 0.1) is 0 Å². The van der Waals surface area contributed by atoms with Crippen LogP contribution in [0.2, 0.25) is 0 Å². The number of nitrogens with one attached hydrogen (secondary N) is 1. The molecule has 1 aliphatic carbocycles. The Labute approximate surface area is 121 Å². The Hall–Kier alpha value is -1.88. The lowest BCUT2D eigenvalue weighted by atomic mass is 10.00. The van der Waals surface area contributed by atoms with Crippen molar-refractivity contribution in [2.75, 3.05) is 0 Å². The molecule has 0 atom stereocenters. The lowest BCUT2D eigenvalue weighted by Gasteiger charge is -2.13. The normalized spacial score (nSPS) is 15.2. The summed E-state index contributed by atoms with van der Waals surface area (Å²) in [6.45, 7) is 0.639. The van der Waals surface area contributed by atoms with Crippen LogP contribution in [-0.2, 0) is 12.7 Å². The van der Waals surface area contributed by atoms with Gasteiger partial charge in [-0.3, -0.25) is 4.98 Å². The number of hydrogen-bond donors (Lipinski definition) is 1. The summed E-state index contributed by atoms with van der Waals surface area (Å²) in [6, 6.07) is 7.92. The van der Waals surface area contributed by atoms with E-state index < -0.39 is 11.7 Å². The van der Waals surface area contributed by atoms with Gasteiger partial charge in [0.15, 0.2) is 0 Å². The van der Waals surface area contributed by atoms with E-state index in [1.165, 1.54) is 31.2 Å². The van der Waals surface area contributed by atoms with Crippen molar-refractivity contribution in [2.45, 2.75) is 31.6 Å². The van der Waals surface area contributed by atoms with E-state index >= 15 is 0 Å². The summed E-state index contributed by atoms with van der Waals surface area (Å²) in [5.74, 6) is 0. The third kappa shape index (κ3) is 3.42. The van der Waals surface area contributed by atoms with Crippen molar-refractivity contribution in [3.05, 3.63) is 53.9 Å². The monoisotopic (exact) mass is 292 g/mol. The van der Waals surface area contributed by atoms with Crippen LogP contribution in [0.15, 0.2) is 42.7 Å². The maximum atomic E-state index is 13.1. The van der Waals surface area contributed by atoms with Crippen LogP contribution < -0.4 is 5.32 Å². The van der Waals surface area contributed by atoms with Crippen LogP contribution >= 0.6 is 0 Å². The SMILES string of the molecule is FC(F)(F)c1ccccc1-c1cncc(CNC2CC2)c1. The summed E-state index contributed by atoms with van der Waals surface area (Å²) >= 11 is 0. The Bertz CT molecular complexity index is 633. The van der Waals surface area contributed by atoms with Gasteiger partial charge >= 0.3 is 6.18 Å². The van der Waals surface area contributed by atoms with Crippen molar-refractivity contribution in [3.63, 3.8) is 0 Å². The number of hydrogen-bond acceptors (Lipinski definition) is 2. The number of benzene rings is 1. The molecule has 1 N–H and O–H groups in total. The quantitative estimate of drug-likeness (QED) is 0.920. The molecule has 21 heavy (non-hydrogen) atoms. The predicted molar refractivity (Wildman–Crippen MR) is 74.5 cm³/mol. The Morgan fingerprint density at radius 3 is 2.62 bits per heavy atom. The number of nitrogens with zero attached hydrogens (tertiary/aromatic N) is 1. The van der Waals surface area contributed by atoms with Gasteiger partial charge in [0.05, 0.1) is 5.56 Å². The summed E-state index contributed by atoms with van der Waals surface area (Å²) in [5, 5.41) is 3.33.